The van der Waals surface area contributed by atoms with Gasteiger partial charge in [0.2, 0.25) is 6.79 Å². The van der Waals surface area contributed by atoms with E-state index in [2.05, 4.69) is 40.5 Å². The summed E-state index contributed by atoms with van der Waals surface area (Å²) in [6.07, 6.45) is 3.79. The van der Waals surface area contributed by atoms with E-state index in [0.717, 1.165) is 19.6 Å². The Labute approximate surface area is 194 Å². The summed E-state index contributed by atoms with van der Waals surface area (Å²) in [7, 11) is 0. The molecule has 5 nitrogen and oxygen atoms in total. The summed E-state index contributed by atoms with van der Waals surface area (Å²) >= 11 is 0. The summed E-state index contributed by atoms with van der Waals surface area (Å²) in [4.78, 5) is 15.5. The first-order valence-corrected chi connectivity index (χ1v) is 10.9. The molecule has 2 aliphatic rings. The van der Waals surface area contributed by atoms with E-state index in [0.29, 0.717) is 22.7 Å². The smallest absolute Gasteiger partial charge is 0.255 e. The van der Waals surface area contributed by atoms with Crippen molar-refractivity contribution in [3.05, 3.63) is 77.9 Å². The summed E-state index contributed by atoms with van der Waals surface area (Å²) in [6, 6.07) is 21.9. The molecule has 0 radical (unpaired) electrons. The predicted molar refractivity (Wildman–Crippen MR) is 129 cm³/mol. The van der Waals surface area contributed by atoms with Gasteiger partial charge in [0.15, 0.2) is 11.5 Å². The van der Waals surface area contributed by atoms with Gasteiger partial charge in [-0.05, 0) is 66.9 Å². The molecule has 0 spiro atoms. The van der Waals surface area contributed by atoms with Gasteiger partial charge in [-0.25, -0.2) is 0 Å². The Kier molecular flexibility index (Phi) is 6.98. The van der Waals surface area contributed by atoms with Gasteiger partial charge in [0.05, 0.1) is 0 Å². The van der Waals surface area contributed by atoms with Crippen LogP contribution < -0.4 is 14.8 Å². The number of anilines is 1. The average molecular weight is 451 g/mol. The van der Waals surface area contributed by atoms with E-state index < -0.39 is 0 Å². The van der Waals surface area contributed by atoms with Gasteiger partial charge in [0, 0.05) is 23.9 Å². The number of benzene rings is 3. The summed E-state index contributed by atoms with van der Waals surface area (Å²) in [5.41, 5.74) is 4.90. The molecule has 1 amide bonds. The Morgan fingerprint density at radius 3 is 2.47 bits per heavy atom. The number of halogens is 1. The molecule has 1 fully saturated rings. The Balaban J connectivity index is 0.00000245. The van der Waals surface area contributed by atoms with Crippen LogP contribution in [0.4, 0.5) is 5.69 Å². The molecule has 3 aromatic carbocycles. The minimum absolute atomic E-state index is 0. The Morgan fingerprint density at radius 2 is 1.66 bits per heavy atom. The summed E-state index contributed by atoms with van der Waals surface area (Å²) in [6.45, 7) is 3.30. The van der Waals surface area contributed by atoms with E-state index in [1.54, 1.807) is 6.07 Å². The van der Waals surface area contributed by atoms with Crippen LogP contribution in [0.5, 0.6) is 11.5 Å². The number of fused-ring (bicyclic) bond motifs is 1. The lowest BCUT2D eigenvalue weighted by Crippen LogP contribution is -2.29. The minimum atomic E-state index is -0.127. The number of nitrogens with one attached hydrogen (secondary N) is 1. The first kappa shape index (κ1) is 22.2. The van der Waals surface area contributed by atoms with Gasteiger partial charge in [0.25, 0.3) is 5.91 Å². The molecule has 0 saturated carbocycles. The third kappa shape index (κ3) is 4.90. The third-order valence-electron chi connectivity index (χ3n) is 5.93. The van der Waals surface area contributed by atoms with Crippen LogP contribution in [0.3, 0.4) is 0 Å². The number of nitrogens with zero attached hydrogens (tertiary/aromatic N) is 1. The van der Waals surface area contributed by atoms with Gasteiger partial charge < -0.3 is 14.8 Å². The van der Waals surface area contributed by atoms with E-state index in [9.17, 15) is 4.79 Å². The highest BCUT2D eigenvalue weighted by Crippen LogP contribution is 2.34. The molecule has 0 bridgehead atoms. The molecular weight excluding hydrogens is 424 g/mol. The quantitative estimate of drug-likeness (QED) is 0.538. The van der Waals surface area contributed by atoms with Crippen molar-refractivity contribution in [3.63, 3.8) is 0 Å². The zero-order chi connectivity index (χ0) is 21.0. The number of hydrogen-bond donors (Lipinski definition) is 1. The highest BCUT2D eigenvalue weighted by Gasteiger charge is 2.17. The van der Waals surface area contributed by atoms with E-state index in [4.69, 9.17) is 9.47 Å². The van der Waals surface area contributed by atoms with Gasteiger partial charge in [0.1, 0.15) is 0 Å². The summed E-state index contributed by atoms with van der Waals surface area (Å²) in [5.74, 6) is 1.23. The molecule has 2 heterocycles. The number of amides is 1. The number of hydrogen-bond acceptors (Lipinski definition) is 4. The zero-order valence-corrected chi connectivity index (χ0v) is 18.7. The second-order valence-electron chi connectivity index (χ2n) is 8.10. The van der Waals surface area contributed by atoms with E-state index >= 15 is 0 Å². The zero-order valence-electron chi connectivity index (χ0n) is 17.9. The van der Waals surface area contributed by atoms with Gasteiger partial charge in [-0.1, -0.05) is 42.8 Å². The van der Waals surface area contributed by atoms with Gasteiger partial charge in [-0.2, -0.15) is 0 Å². The van der Waals surface area contributed by atoms with Crippen molar-refractivity contribution in [1.29, 1.82) is 0 Å². The van der Waals surface area contributed by atoms with Crippen molar-refractivity contribution in [2.24, 2.45) is 0 Å². The molecule has 1 saturated heterocycles. The van der Waals surface area contributed by atoms with Crippen molar-refractivity contribution in [3.8, 4) is 22.6 Å². The lowest BCUT2D eigenvalue weighted by molar-refractivity contribution is 0.102. The fraction of sp³-hybridized carbons (Fsp3) is 0.269. The molecule has 6 heteroatoms. The molecule has 2 aliphatic heterocycles. The number of carbonyl (C=O) groups excluding carboxylic acids is 1. The summed E-state index contributed by atoms with van der Waals surface area (Å²) in [5, 5.41) is 2.99. The second kappa shape index (κ2) is 10.1. The van der Waals surface area contributed by atoms with Crippen LogP contribution in [-0.4, -0.2) is 30.7 Å². The largest absolute Gasteiger partial charge is 0.454 e. The highest BCUT2D eigenvalue weighted by molar-refractivity contribution is 6.05. The van der Waals surface area contributed by atoms with Gasteiger partial charge in [-0.15, -0.1) is 12.4 Å². The molecule has 3 aromatic rings. The molecule has 1 N–H and O–H groups in total. The Bertz CT molecular complexity index is 1080. The van der Waals surface area contributed by atoms with Crippen LogP contribution in [0, 0.1) is 0 Å². The number of piperidine rings is 1. The number of likely N-dealkylation sites (tertiary alicyclic amines) is 1. The molecule has 0 unspecified atom stereocenters. The van der Waals surface area contributed by atoms with Crippen molar-refractivity contribution in [2.75, 3.05) is 25.2 Å². The Morgan fingerprint density at radius 1 is 0.875 bits per heavy atom. The van der Waals surface area contributed by atoms with E-state index in [1.165, 1.54) is 36.0 Å². The first-order chi connectivity index (χ1) is 15.3. The van der Waals surface area contributed by atoms with Gasteiger partial charge in [-0.3, -0.25) is 9.69 Å². The van der Waals surface area contributed by atoms with E-state index in [1.807, 2.05) is 30.3 Å². The number of carbonyl (C=O) groups is 1. The molecule has 0 aliphatic carbocycles. The normalized spacial score (nSPS) is 15.1. The Hall–Kier alpha value is -3.02. The second-order valence-corrected chi connectivity index (χ2v) is 8.10. The summed E-state index contributed by atoms with van der Waals surface area (Å²) < 4.78 is 10.8. The van der Waals surface area contributed by atoms with Crippen LogP contribution >= 0.6 is 12.4 Å². The number of ether oxygens (including phenoxy) is 2. The van der Waals surface area contributed by atoms with Crippen LogP contribution in [0.25, 0.3) is 11.1 Å². The third-order valence-corrected chi connectivity index (χ3v) is 5.93. The topological polar surface area (TPSA) is 50.8 Å². The standard InChI is InChI=1S/C26H26N2O3.ClH/c29-26(27-22-10-12-24-25(16-22)31-18-30-24)20-9-11-23(19-7-3-1-4-8-19)21(15-20)17-28-13-5-2-6-14-28;/h1,3-4,7-12,15-16H,2,5-6,13-14,17-18H2,(H,27,29);1H. The molecule has 5 rings (SSSR count). The maximum atomic E-state index is 13.0. The fourth-order valence-corrected chi connectivity index (χ4v) is 4.30. The van der Waals surface area contributed by atoms with Crippen LogP contribution in [0.1, 0.15) is 35.2 Å². The monoisotopic (exact) mass is 450 g/mol. The molecule has 0 aromatic heterocycles. The highest BCUT2D eigenvalue weighted by atomic mass is 35.5. The van der Waals surface area contributed by atoms with Crippen molar-refractivity contribution in [2.45, 2.75) is 25.8 Å². The van der Waals surface area contributed by atoms with E-state index in [-0.39, 0.29) is 25.1 Å². The van der Waals surface area contributed by atoms with Crippen molar-refractivity contribution in [1.82, 2.24) is 4.90 Å². The maximum absolute atomic E-state index is 13.0. The van der Waals surface area contributed by atoms with Crippen molar-refractivity contribution >= 4 is 24.0 Å². The molecule has 0 atom stereocenters. The molecule has 166 valence electrons. The van der Waals surface area contributed by atoms with Crippen LogP contribution in [0.2, 0.25) is 0 Å². The van der Waals surface area contributed by atoms with Crippen LogP contribution in [-0.2, 0) is 6.54 Å². The average Bonchev–Trinajstić information content (AvgIpc) is 3.28. The SMILES string of the molecule is Cl.O=C(Nc1ccc2c(c1)OCO2)c1ccc(-c2ccccc2)c(CN2CCCCC2)c1. The van der Waals surface area contributed by atoms with Crippen LogP contribution in [0.15, 0.2) is 66.7 Å². The lowest BCUT2D eigenvalue weighted by atomic mass is 9.96. The van der Waals surface area contributed by atoms with Gasteiger partial charge >= 0.3 is 0 Å². The fourth-order valence-electron chi connectivity index (χ4n) is 4.30. The maximum Gasteiger partial charge on any atom is 0.255 e. The molecule has 32 heavy (non-hydrogen) atoms. The lowest BCUT2D eigenvalue weighted by Gasteiger charge is -2.27. The van der Waals surface area contributed by atoms with Crippen molar-refractivity contribution < 1.29 is 14.3 Å². The number of rotatable bonds is 5. The first-order valence-electron chi connectivity index (χ1n) is 10.9. The minimum Gasteiger partial charge on any atom is -0.454 e. The predicted octanol–water partition coefficient (Wildman–Crippen LogP) is 5.74. The molecular formula is C26H27ClN2O3.